The molecule has 0 aliphatic heterocycles. The summed E-state index contributed by atoms with van der Waals surface area (Å²) in [5, 5.41) is 4.36. The van der Waals surface area contributed by atoms with Crippen LogP contribution in [0.25, 0.3) is 0 Å². The summed E-state index contributed by atoms with van der Waals surface area (Å²) in [6.07, 6.45) is 0.864. The summed E-state index contributed by atoms with van der Waals surface area (Å²) in [6.45, 7) is 4.13. The maximum absolute atomic E-state index is 12.2. The van der Waals surface area contributed by atoms with E-state index in [1.54, 1.807) is 17.8 Å². The van der Waals surface area contributed by atoms with Crippen LogP contribution in [-0.2, 0) is 10.5 Å². The number of carbonyl (C=O) groups is 1. The lowest BCUT2D eigenvalue weighted by Crippen LogP contribution is -2.29. The Morgan fingerprint density at radius 1 is 1.17 bits per heavy atom. The first kappa shape index (κ1) is 19.2. The SMILES string of the molecule is CC[C@@H](NC(=O)CSCc1ccc(Cl)cc1Cl)c1ccc(C)cc1. The summed E-state index contributed by atoms with van der Waals surface area (Å²) in [4.78, 5) is 12.2. The molecular weight excluding hydrogens is 361 g/mol. The van der Waals surface area contributed by atoms with Crippen molar-refractivity contribution in [3.8, 4) is 0 Å². The number of aryl methyl sites for hydroxylation is 1. The number of amides is 1. The Morgan fingerprint density at radius 2 is 1.88 bits per heavy atom. The van der Waals surface area contributed by atoms with Gasteiger partial charge in [0.2, 0.25) is 5.91 Å². The van der Waals surface area contributed by atoms with Crippen molar-refractivity contribution >= 4 is 40.9 Å². The van der Waals surface area contributed by atoms with Gasteiger partial charge >= 0.3 is 0 Å². The van der Waals surface area contributed by atoms with E-state index < -0.39 is 0 Å². The fourth-order valence-electron chi connectivity index (χ4n) is 2.35. The minimum atomic E-state index is 0.0394. The second kappa shape index (κ2) is 9.36. The minimum Gasteiger partial charge on any atom is -0.349 e. The smallest absolute Gasteiger partial charge is 0.230 e. The van der Waals surface area contributed by atoms with E-state index in [2.05, 4.69) is 43.4 Å². The van der Waals surface area contributed by atoms with Gasteiger partial charge in [-0.1, -0.05) is 66.0 Å². The Hall–Kier alpha value is -1.16. The van der Waals surface area contributed by atoms with Crippen molar-refractivity contribution in [1.82, 2.24) is 5.32 Å². The highest BCUT2D eigenvalue weighted by atomic mass is 35.5. The third kappa shape index (κ3) is 5.73. The van der Waals surface area contributed by atoms with E-state index in [0.29, 0.717) is 21.6 Å². The van der Waals surface area contributed by atoms with E-state index >= 15 is 0 Å². The maximum Gasteiger partial charge on any atom is 0.230 e. The number of halogens is 2. The highest BCUT2D eigenvalue weighted by molar-refractivity contribution is 7.99. The predicted octanol–water partition coefficient (Wildman–Crippen LogP) is 5.80. The zero-order valence-electron chi connectivity index (χ0n) is 13.8. The summed E-state index contributed by atoms with van der Waals surface area (Å²) in [6, 6.07) is 13.8. The Balaban J connectivity index is 1.84. The highest BCUT2D eigenvalue weighted by Gasteiger charge is 2.13. The van der Waals surface area contributed by atoms with Gasteiger partial charge in [-0.25, -0.2) is 0 Å². The third-order valence-corrected chi connectivity index (χ3v) is 5.30. The average Bonchev–Trinajstić information content (AvgIpc) is 2.55. The Morgan fingerprint density at radius 3 is 2.50 bits per heavy atom. The molecule has 0 aliphatic rings. The molecule has 128 valence electrons. The van der Waals surface area contributed by atoms with Gasteiger partial charge in [0.25, 0.3) is 0 Å². The van der Waals surface area contributed by atoms with Crippen LogP contribution in [0.4, 0.5) is 0 Å². The van der Waals surface area contributed by atoms with Crippen LogP contribution in [0.15, 0.2) is 42.5 Å². The average molecular weight is 382 g/mol. The van der Waals surface area contributed by atoms with E-state index in [-0.39, 0.29) is 11.9 Å². The molecule has 2 aromatic carbocycles. The maximum atomic E-state index is 12.2. The molecule has 2 nitrogen and oxygen atoms in total. The molecule has 0 fully saturated rings. The van der Waals surface area contributed by atoms with Crippen molar-refractivity contribution in [2.75, 3.05) is 5.75 Å². The molecule has 1 atom stereocenters. The normalized spacial score (nSPS) is 12.0. The van der Waals surface area contributed by atoms with Crippen molar-refractivity contribution < 1.29 is 4.79 Å². The van der Waals surface area contributed by atoms with Gasteiger partial charge in [0, 0.05) is 15.8 Å². The molecule has 1 N–H and O–H groups in total. The molecule has 0 bridgehead atoms. The van der Waals surface area contributed by atoms with Crippen molar-refractivity contribution in [2.45, 2.75) is 32.1 Å². The van der Waals surface area contributed by atoms with Crippen molar-refractivity contribution in [3.05, 3.63) is 69.2 Å². The highest BCUT2D eigenvalue weighted by Crippen LogP contribution is 2.25. The molecule has 1 amide bonds. The van der Waals surface area contributed by atoms with Crippen LogP contribution < -0.4 is 5.32 Å². The Labute approximate surface area is 157 Å². The fourth-order valence-corrected chi connectivity index (χ4v) is 3.75. The van der Waals surface area contributed by atoms with E-state index in [1.165, 1.54) is 5.56 Å². The Kier molecular flexibility index (Phi) is 7.47. The van der Waals surface area contributed by atoms with E-state index in [9.17, 15) is 4.79 Å². The van der Waals surface area contributed by atoms with Crippen LogP contribution in [-0.4, -0.2) is 11.7 Å². The van der Waals surface area contributed by atoms with E-state index in [4.69, 9.17) is 23.2 Å². The van der Waals surface area contributed by atoms with Crippen LogP contribution in [0, 0.1) is 6.92 Å². The molecule has 5 heteroatoms. The zero-order chi connectivity index (χ0) is 17.5. The molecule has 24 heavy (non-hydrogen) atoms. The first-order valence-electron chi connectivity index (χ1n) is 7.87. The number of rotatable bonds is 7. The fraction of sp³-hybridized carbons (Fsp3) is 0.316. The monoisotopic (exact) mass is 381 g/mol. The van der Waals surface area contributed by atoms with Gasteiger partial charge in [-0.15, -0.1) is 11.8 Å². The summed E-state index contributed by atoms with van der Waals surface area (Å²) < 4.78 is 0. The first-order valence-corrected chi connectivity index (χ1v) is 9.78. The predicted molar refractivity (Wildman–Crippen MR) is 105 cm³/mol. The van der Waals surface area contributed by atoms with Crippen molar-refractivity contribution in [3.63, 3.8) is 0 Å². The zero-order valence-corrected chi connectivity index (χ0v) is 16.1. The minimum absolute atomic E-state index is 0.0394. The van der Waals surface area contributed by atoms with Crippen LogP contribution >= 0.6 is 35.0 Å². The van der Waals surface area contributed by atoms with Gasteiger partial charge in [-0.3, -0.25) is 4.79 Å². The largest absolute Gasteiger partial charge is 0.349 e. The van der Waals surface area contributed by atoms with E-state index in [0.717, 1.165) is 17.5 Å². The number of benzene rings is 2. The third-order valence-electron chi connectivity index (χ3n) is 3.73. The quantitative estimate of drug-likeness (QED) is 0.655. The molecule has 0 radical (unpaired) electrons. The number of hydrogen-bond acceptors (Lipinski definition) is 2. The molecular formula is C19H21Cl2NOS. The molecule has 0 unspecified atom stereocenters. The molecule has 2 aromatic rings. The second-order valence-corrected chi connectivity index (χ2v) is 7.50. The molecule has 0 saturated heterocycles. The molecule has 2 rings (SSSR count). The van der Waals surface area contributed by atoms with Crippen LogP contribution in [0.5, 0.6) is 0 Å². The molecule has 0 saturated carbocycles. The van der Waals surface area contributed by atoms with Gasteiger partial charge in [0.05, 0.1) is 11.8 Å². The van der Waals surface area contributed by atoms with E-state index in [1.807, 2.05) is 12.1 Å². The number of thioether (sulfide) groups is 1. The topological polar surface area (TPSA) is 29.1 Å². The van der Waals surface area contributed by atoms with Crippen molar-refractivity contribution in [1.29, 1.82) is 0 Å². The molecule has 0 heterocycles. The van der Waals surface area contributed by atoms with Crippen LogP contribution in [0.2, 0.25) is 10.0 Å². The van der Waals surface area contributed by atoms with Gasteiger partial charge in [0.1, 0.15) is 0 Å². The second-order valence-electron chi connectivity index (χ2n) is 5.67. The lowest BCUT2D eigenvalue weighted by atomic mass is 10.0. The van der Waals surface area contributed by atoms with Gasteiger partial charge in [-0.05, 0) is 36.6 Å². The first-order chi connectivity index (χ1) is 11.5. The summed E-state index contributed by atoms with van der Waals surface area (Å²) in [5.41, 5.74) is 3.35. The summed E-state index contributed by atoms with van der Waals surface area (Å²) in [7, 11) is 0. The molecule has 0 spiro atoms. The number of hydrogen-bond donors (Lipinski definition) is 1. The van der Waals surface area contributed by atoms with Gasteiger partial charge < -0.3 is 5.32 Å². The summed E-state index contributed by atoms with van der Waals surface area (Å²) in [5.74, 6) is 1.13. The van der Waals surface area contributed by atoms with Crippen molar-refractivity contribution in [2.24, 2.45) is 0 Å². The standard InChI is InChI=1S/C19H21Cl2NOS/c1-3-18(14-6-4-13(2)5-7-14)22-19(23)12-24-11-15-8-9-16(20)10-17(15)21/h4-10,18H,3,11-12H2,1-2H3,(H,22,23)/t18-/m1/s1. The molecule has 0 aromatic heterocycles. The lowest BCUT2D eigenvalue weighted by molar-refractivity contribution is -0.119. The number of carbonyl (C=O) groups excluding carboxylic acids is 1. The summed E-state index contributed by atoms with van der Waals surface area (Å²) >= 11 is 13.6. The van der Waals surface area contributed by atoms with Gasteiger partial charge in [-0.2, -0.15) is 0 Å². The van der Waals surface area contributed by atoms with Crippen LogP contribution in [0.3, 0.4) is 0 Å². The van der Waals surface area contributed by atoms with Gasteiger partial charge in [0.15, 0.2) is 0 Å². The number of nitrogens with one attached hydrogen (secondary N) is 1. The lowest BCUT2D eigenvalue weighted by Gasteiger charge is -2.17. The Bertz CT molecular complexity index is 688. The molecule has 0 aliphatic carbocycles. The van der Waals surface area contributed by atoms with Crippen LogP contribution in [0.1, 0.15) is 36.1 Å².